The van der Waals surface area contributed by atoms with Crippen molar-refractivity contribution < 1.29 is 19.1 Å². The van der Waals surface area contributed by atoms with Crippen LogP contribution < -0.4 is 0 Å². The molecule has 1 aromatic carbocycles. The normalized spacial score (nSPS) is 14.2. The number of hydrogen-bond donors (Lipinski definition) is 0. The largest absolute Gasteiger partial charge is 0.465 e. The third-order valence-electron chi connectivity index (χ3n) is 3.87. The van der Waals surface area contributed by atoms with Gasteiger partial charge in [-0.2, -0.15) is 0 Å². The summed E-state index contributed by atoms with van der Waals surface area (Å²) in [6.07, 6.45) is 1.22. The molecular formula is C18H25NO4. The van der Waals surface area contributed by atoms with Crippen molar-refractivity contribution in [1.82, 2.24) is 4.90 Å². The van der Waals surface area contributed by atoms with Gasteiger partial charge in [-0.15, -0.1) is 0 Å². The van der Waals surface area contributed by atoms with Crippen molar-refractivity contribution >= 4 is 12.1 Å². The number of hydrogen-bond acceptors (Lipinski definition) is 4. The molecule has 5 heteroatoms. The summed E-state index contributed by atoms with van der Waals surface area (Å²) < 4.78 is 10.3. The minimum Gasteiger partial charge on any atom is -0.465 e. The van der Waals surface area contributed by atoms with E-state index in [1.165, 1.54) is 7.11 Å². The second-order valence-corrected chi connectivity index (χ2v) is 6.78. The lowest BCUT2D eigenvalue weighted by atomic mass is 9.92. The van der Waals surface area contributed by atoms with Crippen molar-refractivity contribution in [3.63, 3.8) is 0 Å². The average molecular weight is 319 g/mol. The first kappa shape index (κ1) is 17.3. The van der Waals surface area contributed by atoms with Crippen molar-refractivity contribution in [3.05, 3.63) is 34.4 Å². The molecular weight excluding hydrogens is 294 g/mol. The standard InChI is InChI=1S/C18H25NO4/c1-6-12-9-13-7-8-19(17(21)23-18(2,3)4)11-15(13)14(10-12)16(20)22-5/h9-10H,6-8,11H2,1-5H3. The van der Waals surface area contributed by atoms with E-state index in [1.54, 1.807) is 4.90 Å². The van der Waals surface area contributed by atoms with Crippen LogP contribution in [-0.2, 0) is 28.9 Å². The summed E-state index contributed by atoms with van der Waals surface area (Å²) in [5, 5.41) is 0. The molecule has 1 heterocycles. The Morgan fingerprint density at radius 2 is 1.96 bits per heavy atom. The van der Waals surface area contributed by atoms with Crippen molar-refractivity contribution in [2.75, 3.05) is 13.7 Å². The number of benzene rings is 1. The molecule has 5 nitrogen and oxygen atoms in total. The first-order valence-electron chi connectivity index (χ1n) is 7.96. The number of rotatable bonds is 2. The van der Waals surface area contributed by atoms with Crippen LogP contribution in [0, 0.1) is 0 Å². The Morgan fingerprint density at radius 1 is 1.26 bits per heavy atom. The number of amides is 1. The first-order valence-corrected chi connectivity index (χ1v) is 7.96. The Hall–Kier alpha value is -2.04. The lowest BCUT2D eigenvalue weighted by Gasteiger charge is -2.32. The van der Waals surface area contributed by atoms with E-state index >= 15 is 0 Å². The molecule has 1 amide bonds. The van der Waals surface area contributed by atoms with Gasteiger partial charge in [0.1, 0.15) is 5.60 Å². The number of fused-ring (bicyclic) bond motifs is 1. The summed E-state index contributed by atoms with van der Waals surface area (Å²) in [5.74, 6) is -0.359. The molecule has 0 saturated heterocycles. The van der Waals surface area contributed by atoms with Gasteiger partial charge in [0.25, 0.3) is 0 Å². The van der Waals surface area contributed by atoms with E-state index in [2.05, 4.69) is 13.0 Å². The molecule has 0 N–H and O–H groups in total. The SMILES string of the molecule is CCc1cc2c(c(C(=O)OC)c1)CN(C(=O)OC(C)(C)C)CC2. The second kappa shape index (κ2) is 6.60. The summed E-state index contributed by atoms with van der Waals surface area (Å²) in [4.78, 5) is 26.0. The van der Waals surface area contributed by atoms with Crippen molar-refractivity contribution in [1.29, 1.82) is 0 Å². The van der Waals surface area contributed by atoms with Gasteiger partial charge >= 0.3 is 12.1 Å². The Labute approximate surface area is 137 Å². The van der Waals surface area contributed by atoms with E-state index in [1.807, 2.05) is 26.8 Å². The molecule has 0 unspecified atom stereocenters. The van der Waals surface area contributed by atoms with Gasteiger partial charge in [0.2, 0.25) is 0 Å². The zero-order valence-corrected chi connectivity index (χ0v) is 14.6. The van der Waals surface area contributed by atoms with Gasteiger partial charge in [0.15, 0.2) is 0 Å². The summed E-state index contributed by atoms with van der Waals surface area (Å²) >= 11 is 0. The van der Waals surface area contributed by atoms with Crippen LogP contribution in [0.5, 0.6) is 0 Å². The molecule has 126 valence electrons. The number of carbonyl (C=O) groups excluding carboxylic acids is 2. The molecule has 0 aliphatic carbocycles. The minimum atomic E-state index is -0.533. The quantitative estimate of drug-likeness (QED) is 0.785. The molecule has 23 heavy (non-hydrogen) atoms. The molecule has 0 aromatic heterocycles. The maximum Gasteiger partial charge on any atom is 0.410 e. The van der Waals surface area contributed by atoms with Gasteiger partial charge < -0.3 is 14.4 Å². The van der Waals surface area contributed by atoms with Gasteiger partial charge in [-0.3, -0.25) is 0 Å². The maximum atomic E-state index is 12.3. The number of carbonyl (C=O) groups is 2. The van der Waals surface area contributed by atoms with Crippen LogP contribution >= 0.6 is 0 Å². The third kappa shape index (κ3) is 4.03. The van der Waals surface area contributed by atoms with E-state index in [4.69, 9.17) is 9.47 Å². The van der Waals surface area contributed by atoms with Gasteiger partial charge in [-0.25, -0.2) is 9.59 Å². The van der Waals surface area contributed by atoms with Gasteiger partial charge in [0, 0.05) is 6.54 Å². The Morgan fingerprint density at radius 3 is 2.52 bits per heavy atom. The first-order chi connectivity index (χ1) is 10.7. The highest BCUT2D eigenvalue weighted by molar-refractivity contribution is 5.92. The molecule has 0 bridgehead atoms. The van der Waals surface area contributed by atoms with Gasteiger partial charge in [0.05, 0.1) is 19.2 Å². The predicted octanol–water partition coefficient (Wildman–Crippen LogP) is 3.33. The van der Waals surface area contributed by atoms with E-state index < -0.39 is 5.60 Å². The molecule has 0 saturated carbocycles. The van der Waals surface area contributed by atoms with Crippen LogP contribution in [0.2, 0.25) is 0 Å². The highest BCUT2D eigenvalue weighted by atomic mass is 16.6. The minimum absolute atomic E-state index is 0.349. The van der Waals surface area contributed by atoms with Crippen molar-refractivity contribution in [3.8, 4) is 0 Å². The van der Waals surface area contributed by atoms with Crippen LogP contribution in [0.3, 0.4) is 0 Å². The molecule has 2 rings (SSSR count). The number of esters is 1. The smallest absolute Gasteiger partial charge is 0.410 e. The molecule has 1 aromatic rings. The summed E-state index contributed by atoms with van der Waals surface area (Å²) in [6.45, 7) is 8.55. The van der Waals surface area contributed by atoms with E-state index in [0.29, 0.717) is 25.1 Å². The number of aryl methyl sites for hydroxylation is 1. The maximum absolute atomic E-state index is 12.3. The zero-order chi connectivity index (χ0) is 17.2. The lowest BCUT2D eigenvalue weighted by Crippen LogP contribution is -2.40. The lowest BCUT2D eigenvalue weighted by molar-refractivity contribution is 0.0221. The van der Waals surface area contributed by atoms with Gasteiger partial charge in [-0.05, 0) is 56.4 Å². The number of nitrogens with zero attached hydrogens (tertiary/aromatic N) is 1. The number of ether oxygens (including phenoxy) is 2. The monoisotopic (exact) mass is 319 g/mol. The molecule has 0 atom stereocenters. The van der Waals surface area contributed by atoms with Crippen LogP contribution in [0.15, 0.2) is 12.1 Å². The fourth-order valence-corrected chi connectivity index (χ4v) is 2.71. The van der Waals surface area contributed by atoms with Crippen molar-refractivity contribution in [2.45, 2.75) is 52.7 Å². The molecule has 1 aliphatic rings. The van der Waals surface area contributed by atoms with E-state index in [0.717, 1.165) is 23.1 Å². The second-order valence-electron chi connectivity index (χ2n) is 6.78. The van der Waals surface area contributed by atoms with Crippen LogP contribution in [0.4, 0.5) is 4.79 Å². The van der Waals surface area contributed by atoms with Crippen LogP contribution in [0.1, 0.15) is 54.7 Å². The van der Waals surface area contributed by atoms with Gasteiger partial charge in [-0.1, -0.05) is 13.0 Å². The molecule has 1 aliphatic heterocycles. The van der Waals surface area contributed by atoms with E-state index in [9.17, 15) is 9.59 Å². The van der Waals surface area contributed by atoms with Crippen LogP contribution in [0.25, 0.3) is 0 Å². The molecule has 0 radical (unpaired) electrons. The summed E-state index contributed by atoms with van der Waals surface area (Å²) in [6, 6.07) is 3.98. The van der Waals surface area contributed by atoms with E-state index in [-0.39, 0.29) is 12.1 Å². The third-order valence-corrected chi connectivity index (χ3v) is 3.87. The Bertz CT molecular complexity index is 616. The summed E-state index contributed by atoms with van der Waals surface area (Å²) in [7, 11) is 1.38. The zero-order valence-electron chi connectivity index (χ0n) is 14.6. The highest BCUT2D eigenvalue weighted by Crippen LogP contribution is 2.26. The Kier molecular flexibility index (Phi) is 4.97. The average Bonchev–Trinajstić information content (AvgIpc) is 2.50. The van der Waals surface area contributed by atoms with Crippen molar-refractivity contribution in [2.24, 2.45) is 0 Å². The van der Waals surface area contributed by atoms with Crippen LogP contribution in [-0.4, -0.2) is 36.2 Å². The fourth-order valence-electron chi connectivity index (χ4n) is 2.71. The highest BCUT2D eigenvalue weighted by Gasteiger charge is 2.28. The summed E-state index contributed by atoms with van der Waals surface area (Å²) in [5.41, 5.74) is 3.11. The predicted molar refractivity (Wildman–Crippen MR) is 87.5 cm³/mol. The fraction of sp³-hybridized carbons (Fsp3) is 0.556. The molecule has 0 spiro atoms. The topological polar surface area (TPSA) is 55.8 Å². The number of methoxy groups -OCH3 is 1. The Balaban J connectivity index is 2.32. The molecule has 0 fully saturated rings.